The van der Waals surface area contributed by atoms with E-state index in [1.54, 1.807) is 34.6 Å². The van der Waals surface area contributed by atoms with Gasteiger partial charge >= 0.3 is 5.97 Å². The number of methoxy groups -OCH3 is 1. The van der Waals surface area contributed by atoms with E-state index in [0.29, 0.717) is 44.2 Å². The van der Waals surface area contributed by atoms with Crippen molar-refractivity contribution in [2.24, 2.45) is 17.8 Å². The summed E-state index contributed by atoms with van der Waals surface area (Å²) in [7, 11) is 5.49. The number of cyclic esters (lactones) is 1. The Kier molecular flexibility index (Phi) is 20.6. The molecular weight excluding hydrogens is 963 g/mol. The predicted molar refractivity (Wildman–Crippen MR) is 273 cm³/mol. The summed E-state index contributed by atoms with van der Waals surface area (Å²) >= 11 is 1.18. The van der Waals surface area contributed by atoms with Crippen molar-refractivity contribution < 1.29 is 58.4 Å². The fraction of sp³-hybridized carbons (Fsp3) is 0.804. The normalized spacial score (nSPS) is 37.6. The van der Waals surface area contributed by atoms with E-state index in [1.165, 1.54) is 25.6 Å². The number of benzene rings is 1. The van der Waals surface area contributed by atoms with E-state index in [9.17, 15) is 25.2 Å². The summed E-state index contributed by atoms with van der Waals surface area (Å²) in [6, 6.07) is 7.15. The Morgan fingerprint density at radius 1 is 0.959 bits per heavy atom. The van der Waals surface area contributed by atoms with Crippen molar-refractivity contribution in [3.05, 3.63) is 36.2 Å². The zero-order valence-electron chi connectivity index (χ0n) is 45.3. The molecule has 3 aliphatic heterocycles. The Bertz CT molecular complexity index is 2140. The molecule has 0 amide bonds. The number of carbonyl (C=O) groups is 1. The molecule has 0 bridgehead atoms. The molecule has 3 aliphatic rings. The van der Waals surface area contributed by atoms with E-state index in [0.717, 1.165) is 30.0 Å². The van der Waals surface area contributed by atoms with Crippen LogP contribution in [0.3, 0.4) is 0 Å². The number of nitrogens with zero attached hydrogens (tertiary/aromatic N) is 8. The zero-order valence-corrected chi connectivity index (χ0v) is 46.1. The lowest BCUT2D eigenvalue weighted by atomic mass is 9.77. The highest BCUT2D eigenvalue weighted by molar-refractivity contribution is 7.09. The molecule has 0 spiro atoms. The summed E-state index contributed by atoms with van der Waals surface area (Å²) in [6.07, 6.45) is -2.43. The van der Waals surface area contributed by atoms with Crippen LogP contribution in [0.15, 0.2) is 30.5 Å². The quantitative estimate of drug-likeness (QED) is 0.0916. The van der Waals surface area contributed by atoms with Crippen LogP contribution in [0, 0.1) is 17.8 Å². The van der Waals surface area contributed by atoms with Gasteiger partial charge in [0, 0.05) is 93.8 Å². The van der Waals surface area contributed by atoms with Crippen molar-refractivity contribution in [3.63, 3.8) is 0 Å². The number of aromatic nitrogens is 6. The third-order valence-electron chi connectivity index (χ3n) is 15.5. The highest BCUT2D eigenvalue weighted by Gasteiger charge is 2.52. The van der Waals surface area contributed by atoms with Gasteiger partial charge in [-0.2, -0.15) is 0 Å². The summed E-state index contributed by atoms with van der Waals surface area (Å²) in [4.78, 5) is 18.7. The van der Waals surface area contributed by atoms with Crippen LogP contribution in [-0.4, -0.2) is 191 Å². The maximum absolute atomic E-state index is 14.5. The van der Waals surface area contributed by atoms with Crippen LogP contribution in [0.25, 0.3) is 0 Å². The first-order valence-corrected chi connectivity index (χ1v) is 26.8. The second kappa shape index (κ2) is 25.5. The van der Waals surface area contributed by atoms with Gasteiger partial charge in [-0.25, -0.2) is 0 Å². The molecular formula is C51H85N9O12S. The van der Waals surface area contributed by atoms with Crippen molar-refractivity contribution in [2.75, 3.05) is 46.2 Å². The molecule has 6 rings (SSSR count). The van der Waals surface area contributed by atoms with Crippen molar-refractivity contribution in [1.82, 2.24) is 39.6 Å². The Balaban J connectivity index is 1.15. The fourth-order valence-corrected chi connectivity index (χ4v) is 11.4. The lowest BCUT2D eigenvalue weighted by molar-refractivity contribution is -0.308. The number of hydrogen-bond acceptors (Lipinski definition) is 21. The summed E-state index contributed by atoms with van der Waals surface area (Å²) < 4.78 is 50.3. The first-order chi connectivity index (χ1) is 34.4. The summed E-state index contributed by atoms with van der Waals surface area (Å²) in [5, 5.41) is 67.6. The summed E-state index contributed by atoms with van der Waals surface area (Å²) in [6.45, 7) is 20.4. The molecule has 2 aromatic heterocycles. The Hall–Kier alpha value is -3.52. The number of ether oxygens (including phenoxy) is 7. The number of esters is 1. The number of likely N-dealkylation sites (N-methyl/N-ethyl adjacent to an activating group) is 2. The van der Waals surface area contributed by atoms with Gasteiger partial charge in [-0.15, -0.1) is 5.10 Å². The molecule has 3 aromatic rings. The SMILES string of the molecule is CC[C@H]1OC(=O)[C@H](C)[C@@H](O[C@H]2C[C@@](C)(OC)[C@@H](O)[C@H](C)O2)[C@H](C)[C@@H](O[C@H]2C[C@@H](N(C)CCc3cn(CCCOc4ccc(Nc5nnns5)cc4)nn3)C[C@@H](C)O2)[C@](C)(O)C[C@@H](C)CN(C)[C@H](C)[C@@H](O)[C@]1(C)O. The molecule has 5 N–H and O–H groups in total. The Morgan fingerprint density at radius 2 is 1.68 bits per heavy atom. The summed E-state index contributed by atoms with van der Waals surface area (Å²) in [5.74, 6) is -1.70. The van der Waals surface area contributed by atoms with Gasteiger partial charge in [0.15, 0.2) is 12.6 Å². The number of aryl methyl sites for hydroxylation is 1. The third kappa shape index (κ3) is 15.1. The lowest BCUT2D eigenvalue weighted by Gasteiger charge is -2.48. The number of nitrogens with one attached hydrogen (secondary N) is 1. The van der Waals surface area contributed by atoms with Gasteiger partial charge in [-0.1, -0.05) is 35.6 Å². The highest BCUT2D eigenvalue weighted by atomic mass is 32.1. The van der Waals surface area contributed by atoms with Crippen LogP contribution >= 0.6 is 11.5 Å². The van der Waals surface area contributed by atoms with Crippen molar-refractivity contribution in [1.29, 1.82) is 0 Å². The molecule has 17 atom stereocenters. The van der Waals surface area contributed by atoms with E-state index < -0.39 is 89.9 Å². The zero-order chi connectivity index (χ0) is 53.4. The number of aliphatic hydroxyl groups is 4. The lowest BCUT2D eigenvalue weighted by Crippen LogP contribution is -2.59. The minimum Gasteiger partial charge on any atom is -0.494 e. The van der Waals surface area contributed by atoms with Crippen LogP contribution < -0.4 is 10.1 Å². The predicted octanol–water partition coefficient (Wildman–Crippen LogP) is 4.59. The first-order valence-electron chi connectivity index (χ1n) is 26.1. The third-order valence-corrected chi connectivity index (χ3v) is 16.0. The Labute approximate surface area is 435 Å². The van der Waals surface area contributed by atoms with E-state index in [2.05, 4.69) is 42.4 Å². The van der Waals surface area contributed by atoms with Gasteiger partial charge in [-0.05, 0) is 117 Å². The largest absolute Gasteiger partial charge is 0.494 e. The molecule has 0 aliphatic carbocycles. The van der Waals surface area contributed by atoms with Gasteiger partial charge in [-0.3, -0.25) is 9.48 Å². The molecule has 0 radical (unpaired) electrons. The topological polar surface area (TPSA) is 250 Å². The second-order valence-corrected chi connectivity index (χ2v) is 22.5. The second-order valence-electron chi connectivity index (χ2n) is 21.8. The number of carbonyl (C=O) groups excluding carboxylic acids is 1. The fourth-order valence-electron chi connectivity index (χ4n) is 11.0. The molecule has 1 aromatic carbocycles. The number of anilines is 2. The van der Waals surface area contributed by atoms with Crippen LogP contribution in [0.5, 0.6) is 5.75 Å². The van der Waals surface area contributed by atoms with Crippen molar-refractivity contribution in [3.8, 4) is 5.75 Å². The molecule has 0 unspecified atom stereocenters. The van der Waals surface area contributed by atoms with E-state index in [4.69, 9.17) is 33.2 Å². The molecule has 0 saturated carbocycles. The molecule has 3 saturated heterocycles. The average molecular weight is 1050 g/mol. The van der Waals surface area contributed by atoms with Crippen LogP contribution in [0.4, 0.5) is 10.8 Å². The van der Waals surface area contributed by atoms with Crippen LogP contribution in [0.2, 0.25) is 0 Å². The van der Waals surface area contributed by atoms with Crippen LogP contribution in [0.1, 0.15) is 113 Å². The number of aliphatic hydroxyl groups excluding tert-OH is 2. The van der Waals surface area contributed by atoms with E-state index >= 15 is 0 Å². The molecule has 21 nitrogen and oxygen atoms in total. The number of hydrogen-bond donors (Lipinski definition) is 5. The van der Waals surface area contributed by atoms with Gasteiger partial charge in [0.1, 0.15) is 29.7 Å². The van der Waals surface area contributed by atoms with Gasteiger partial charge in [0.25, 0.3) is 0 Å². The monoisotopic (exact) mass is 1050 g/mol. The molecule has 3 fully saturated rings. The minimum atomic E-state index is -1.81. The average Bonchev–Trinajstić information content (AvgIpc) is 4.05. The molecule has 73 heavy (non-hydrogen) atoms. The maximum atomic E-state index is 14.5. The summed E-state index contributed by atoms with van der Waals surface area (Å²) in [5.41, 5.74) is -2.59. The van der Waals surface area contributed by atoms with Crippen LogP contribution in [-0.2, 0) is 46.2 Å². The molecule has 5 heterocycles. The standard InChI is InChI=1S/C51H85N9O12S/c1-14-40-51(10,65)44(61)34(6)59(12)28-30(2)26-49(8,64)46(32(4)43(33(5)47(63)70-40)71-42-27-50(9,66-13)45(62)35(7)69-42)72-41-25-38(24-31(3)68-41)58(11)22-20-37-29-60(56-53-37)21-15-23-67-39-18-16-36(17-19-39)52-48-54-55-57-73-48/h16-19,29-35,38,40-46,61-62,64-65H,14-15,20-28H2,1-13H3,(H,52,54,57)/t30-,31-,32+,33-,34-,35+,38+,40-,41+,42+,43+,44-,45+,46-,49-,50-,51-/m1/s1. The van der Waals surface area contributed by atoms with Gasteiger partial charge in [0.2, 0.25) is 5.13 Å². The Morgan fingerprint density at radius 3 is 2.36 bits per heavy atom. The van der Waals surface area contributed by atoms with Crippen molar-refractivity contribution >= 4 is 28.3 Å². The van der Waals surface area contributed by atoms with Gasteiger partial charge < -0.3 is 68.7 Å². The first kappa shape index (κ1) is 58.7. The molecule has 22 heteroatoms. The van der Waals surface area contributed by atoms with Gasteiger partial charge in [0.05, 0.1) is 53.8 Å². The minimum absolute atomic E-state index is 0.0603. The number of rotatable bonds is 17. The highest BCUT2D eigenvalue weighted by Crippen LogP contribution is 2.40. The van der Waals surface area contributed by atoms with Crippen molar-refractivity contribution in [2.45, 2.75) is 205 Å². The van der Waals surface area contributed by atoms with E-state index in [-0.39, 0.29) is 37.3 Å². The smallest absolute Gasteiger partial charge is 0.311 e. The van der Waals surface area contributed by atoms with E-state index in [1.807, 2.05) is 74.8 Å². The molecule has 412 valence electrons. The maximum Gasteiger partial charge on any atom is 0.311 e.